The molecule has 0 saturated heterocycles. The molecular weight excluding hydrogens is 242 g/mol. The molecule has 0 atom stereocenters. The van der Waals surface area contributed by atoms with Crippen LogP contribution in [0.4, 0.5) is 0 Å². The van der Waals surface area contributed by atoms with Crippen LogP contribution in [-0.2, 0) is 20.8 Å². The highest BCUT2D eigenvalue weighted by molar-refractivity contribution is 5.70. The predicted octanol–water partition coefficient (Wildman–Crippen LogP) is 2.05. The number of hydrogen-bond acceptors (Lipinski definition) is 4. The van der Waals surface area contributed by atoms with E-state index in [4.69, 9.17) is 9.47 Å². The molecule has 1 aromatic carbocycles. The number of ether oxygens (including phenoxy) is 2. The first-order valence-corrected chi connectivity index (χ1v) is 6.39. The van der Waals surface area contributed by atoms with Gasteiger partial charge in [-0.25, -0.2) is 4.79 Å². The Balaban J connectivity index is 2.42. The third-order valence-corrected chi connectivity index (χ3v) is 2.87. The average Bonchev–Trinajstić information content (AvgIpc) is 2.36. The van der Waals surface area contributed by atoms with Gasteiger partial charge >= 0.3 is 5.97 Å². The summed E-state index contributed by atoms with van der Waals surface area (Å²) >= 11 is 0. The van der Waals surface area contributed by atoms with E-state index in [1.54, 1.807) is 0 Å². The molecule has 1 rings (SSSR count). The fourth-order valence-corrected chi connectivity index (χ4v) is 1.61. The Morgan fingerprint density at radius 1 is 1.32 bits per heavy atom. The van der Waals surface area contributed by atoms with E-state index < -0.39 is 0 Å². The largest absolute Gasteiger partial charge is 0.462 e. The minimum absolute atomic E-state index is 0.00608. The second-order valence-corrected chi connectivity index (χ2v) is 5.26. The SMILES string of the molecule is COCC(=O)OCC(C)(C)NCc1ccccc1C. The molecule has 0 saturated carbocycles. The maximum Gasteiger partial charge on any atom is 0.332 e. The van der Waals surface area contributed by atoms with E-state index in [0.29, 0.717) is 6.61 Å². The minimum Gasteiger partial charge on any atom is -0.462 e. The molecule has 19 heavy (non-hydrogen) atoms. The highest BCUT2D eigenvalue weighted by Crippen LogP contribution is 2.10. The average molecular weight is 265 g/mol. The topological polar surface area (TPSA) is 47.6 Å². The number of esters is 1. The first-order valence-electron chi connectivity index (χ1n) is 6.39. The summed E-state index contributed by atoms with van der Waals surface area (Å²) in [6.07, 6.45) is 0. The molecule has 0 amide bonds. The van der Waals surface area contributed by atoms with Crippen LogP contribution in [0, 0.1) is 6.92 Å². The maximum absolute atomic E-state index is 11.2. The Labute approximate surface area is 115 Å². The van der Waals surface area contributed by atoms with Crippen molar-refractivity contribution in [1.82, 2.24) is 5.32 Å². The first-order chi connectivity index (χ1) is 8.94. The summed E-state index contributed by atoms with van der Waals surface area (Å²) in [4.78, 5) is 11.2. The number of hydrogen-bond donors (Lipinski definition) is 1. The Morgan fingerprint density at radius 3 is 2.63 bits per heavy atom. The molecule has 0 radical (unpaired) electrons. The van der Waals surface area contributed by atoms with Crippen molar-refractivity contribution < 1.29 is 14.3 Å². The second kappa shape index (κ2) is 7.26. The van der Waals surface area contributed by atoms with E-state index in [1.807, 2.05) is 26.0 Å². The van der Waals surface area contributed by atoms with Crippen LogP contribution >= 0.6 is 0 Å². The lowest BCUT2D eigenvalue weighted by Gasteiger charge is -2.26. The van der Waals surface area contributed by atoms with Crippen molar-refractivity contribution in [3.05, 3.63) is 35.4 Å². The molecule has 0 spiro atoms. The summed E-state index contributed by atoms with van der Waals surface area (Å²) in [5, 5.41) is 3.40. The van der Waals surface area contributed by atoms with E-state index >= 15 is 0 Å². The van der Waals surface area contributed by atoms with Gasteiger partial charge in [-0.15, -0.1) is 0 Å². The number of carbonyl (C=O) groups is 1. The molecule has 0 fully saturated rings. The molecule has 0 bridgehead atoms. The van der Waals surface area contributed by atoms with Crippen LogP contribution in [0.1, 0.15) is 25.0 Å². The molecule has 0 aliphatic heterocycles. The summed E-state index contributed by atoms with van der Waals surface area (Å²) in [7, 11) is 1.48. The summed E-state index contributed by atoms with van der Waals surface area (Å²) in [6.45, 7) is 7.16. The van der Waals surface area contributed by atoms with Gasteiger partial charge in [-0.2, -0.15) is 0 Å². The predicted molar refractivity (Wildman–Crippen MR) is 74.9 cm³/mol. The number of aryl methyl sites for hydroxylation is 1. The molecule has 1 aromatic rings. The first kappa shape index (κ1) is 15.7. The van der Waals surface area contributed by atoms with Gasteiger partial charge in [0.1, 0.15) is 13.2 Å². The van der Waals surface area contributed by atoms with Crippen molar-refractivity contribution in [1.29, 1.82) is 0 Å². The highest BCUT2D eigenvalue weighted by atomic mass is 16.6. The van der Waals surface area contributed by atoms with E-state index in [2.05, 4.69) is 24.4 Å². The van der Waals surface area contributed by atoms with Gasteiger partial charge in [-0.05, 0) is 31.9 Å². The Hall–Kier alpha value is -1.39. The third-order valence-electron chi connectivity index (χ3n) is 2.87. The van der Waals surface area contributed by atoms with Gasteiger partial charge in [0.25, 0.3) is 0 Å². The van der Waals surface area contributed by atoms with Crippen molar-refractivity contribution in [2.45, 2.75) is 32.9 Å². The number of rotatable bonds is 7. The normalized spacial score (nSPS) is 11.4. The number of nitrogens with one attached hydrogen (secondary N) is 1. The Morgan fingerprint density at radius 2 is 2.00 bits per heavy atom. The van der Waals surface area contributed by atoms with Gasteiger partial charge in [0, 0.05) is 19.2 Å². The number of carbonyl (C=O) groups excluding carboxylic acids is 1. The molecule has 0 aliphatic rings. The summed E-state index contributed by atoms with van der Waals surface area (Å²) in [6, 6.07) is 8.23. The zero-order chi connectivity index (χ0) is 14.3. The van der Waals surface area contributed by atoms with Gasteiger partial charge < -0.3 is 14.8 Å². The van der Waals surface area contributed by atoms with Crippen LogP contribution in [0.3, 0.4) is 0 Å². The Bertz CT molecular complexity index is 416. The van der Waals surface area contributed by atoms with Gasteiger partial charge in [-0.3, -0.25) is 0 Å². The molecule has 1 N–H and O–H groups in total. The van der Waals surface area contributed by atoms with Crippen LogP contribution in [0.15, 0.2) is 24.3 Å². The van der Waals surface area contributed by atoms with Gasteiger partial charge in [0.15, 0.2) is 0 Å². The van der Waals surface area contributed by atoms with Crippen molar-refractivity contribution in [3.8, 4) is 0 Å². The standard InChI is InChI=1S/C15H23NO3/c1-12-7-5-6-8-13(12)9-16-15(2,3)11-19-14(17)10-18-4/h5-8,16H,9-11H2,1-4H3. The quantitative estimate of drug-likeness (QED) is 0.767. The molecule has 106 valence electrons. The zero-order valence-corrected chi connectivity index (χ0v) is 12.2. The lowest BCUT2D eigenvalue weighted by Crippen LogP contribution is -2.44. The maximum atomic E-state index is 11.2. The van der Waals surface area contributed by atoms with Crippen LogP contribution < -0.4 is 5.32 Å². The lowest BCUT2D eigenvalue weighted by atomic mass is 10.0. The summed E-state index contributed by atoms with van der Waals surface area (Å²) in [5.41, 5.74) is 2.23. The fraction of sp³-hybridized carbons (Fsp3) is 0.533. The minimum atomic E-state index is -0.340. The monoisotopic (exact) mass is 265 g/mol. The summed E-state index contributed by atoms with van der Waals surface area (Å²) < 4.78 is 9.86. The van der Waals surface area contributed by atoms with E-state index in [-0.39, 0.29) is 18.1 Å². The van der Waals surface area contributed by atoms with E-state index in [1.165, 1.54) is 18.2 Å². The molecule has 0 heterocycles. The van der Waals surface area contributed by atoms with Crippen molar-refractivity contribution in [2.24, 2.45) is 0 Å². The lowest BCUT2D eigenvalue weighted by molar-refractivity contribution is -0.149. The van der Waals surface area contributed by atoms with Crippen LogP contribution in [0.25, 0.3) is 0 Å². The zero-order valence-electron chi connectivity index (χ0n) is 12.2. The molecule has 0 aromatic heterocycles. The molecule has 0 aliphatic carbocycles. The van der Waals surface area contributed by atoms with Gasteiger partial charge in [0.05, 0.1) is 0 Å². The van der Waals surface area contributed by atoms with Gasteiger partial charge in [0.2, 0.25) is 0 Å². The van der Waals surface area contributed by atoms with Crippen LogP contribution in [0.2, 0.25) is 0 Å². The number of benzene rings is 1. The van der Waals surface area contributed by atoms with Crippen molar-refractivity contribution in [2.75, 3.05) is 20.3 Å². The van der Waals surface area contributed by atoms with Crippen molar-refractivity contribution in [3.63, 3.8) is 0 Å². The fourth-order valence-electron chi connectivity index (χ4n) is 1.61. The van der Waals surface area contributed by atoms with Crippen LogP contribution in [-0.4, -0.2) is 31.8 Å². The Kier molecular flexibility index (Phi) is 5.99. The molecule has 4 nitrogen and oxygen atoms in total. The molecule has 4 heteroatoms. The second-order valence-electron chi connectivity index (χ2n) is 5.26. The van der Waals surface area contributed by atoms with Crippen molar-refractivity contribution >= 4 is 5.97 Å². The van der Waals surface area contributed by atoms with E-state index in [0.717, 1.165) is 6.54 Å². The van der Waals surface area contributed by atoms with Crippen LogP contribution in [0.5, 0.6) is 0 Å². The smallest absolute Gasteiger partial charge is 0.332 e. The molecular formula is C15H23NO3. The van der Waals surface area contributed by atoms with E-state index in [9.17, 15) is 4.79 Å². The number of methoxy groups -OCH3 is 1. The van der Waals surface area contributed by atoms with Gasteiger partial charge in [-0.1, -0.05) is 24.3 Å². The third kappa shape index (κ3) is 5.85. The molecule has 0 unspecified atom stereocenters. The highest BCUT2D eigenvalue weighted by Gasteiger charge is 2.19. The summed E-state index contributed by atoms with van der Waals surface area (Å²) in [5.74, 6) is -0.340.